The summed E-state index contributed by atoms with van der Waals surface area (Å²) in [4.78, 5) is 0. The van der Waals surface area contributed by atoms with Gasteiger partial charge >= 0.3 is 0 Å². The van der Waals surface area contributed by atoms with Gasteiger partial charge in [0, 0.05) is 19.1 Å². The Morgan fingerprint density at radius 2 is 2.44 bits per heavy atom. The third-order valence-electron chi connectivity index (χ3n) is 3.08. The van der Waals surface area contributed by atoms with Crippen molar-refractivity contribution in [2.75, 3.05) is 19.6 Å². The van der Waals surface area contributed by atoms with Gasteiger partial charge in [-0.3, -0.25) is 0 Å². The van der Waals surface area contributed by atoms with Gasteiger partial charge in [0.2, 0.25) is 0 Å². The van der Waals surface area contributed by atoms with Gasteiger partial charge in [0.05, 0.1) is 0 Å². The molecule has 2 atom stereocenters. The molecule has 0 aliphatic carbocycles. The molecule has 1 aliphatic heterocycles. The van der Waals surface area contributed by atoms with Crippen LogP contribution in [-0.2, 0) is 0 Å². The van der Waals surface area contributed by atoms with Crippen molar-refractivity contribution in [3.05, 3.63) is 37.0 Å². The van der Waals surface area contributed by atoms with Crippen LogP contribution >= 0.6 is 0 Å². The summed E-state index contributed by atoms with van der Waals surface area (Å²) in [6, 6.07) is 0.671. The molecule has 2 unspecified atom stereocenters. The average Bonchev–Trinajstić information content (AvgIpc) is 2.78. The normalized spacial score (nSPS) is 22.4. The lowest BCUT2D eigenvalue weighted by Crippen LogP contribution is -2.35. The molecule has 0 aromatic carbocycles. The smallest absolute Gasteiger partial charge is 0.0192 e. The first-order chi connectivity index (χ1) is 7.74. The first-order valence-corrected chi connectivity index (χ1v) is 6.16. The van der Waals surface area contributed by atoms with E-state index in [0.717, 1.165) is 18.7 Å². The van der Waals surface area contributed by atoms with Crippen molar-refractivity contribution < 1.29 is 0 Å². The highest BCUT2D eigenvalue weighted by Crippen LogP contribution is 2.09. The minimum Gasteiger partial charge on any atom is -0.315 e. The van der Waals surface area contributed by atoms with E-state index in [-0.39, 0.29) is 0 Å². The fraction of sp³-hybridized carbons (Fsp3) is 0.571. The number of rotatable bonds is 7. The van der Waals surface area contributed by atoms with Gasteiger partial charge in [0.15, 0.2) is 0 Å². The Balaban J connectivity index is 2.13. The summed E-state index contributed by atoms with van der Waals surface area (Å²) in [6.45, 7) is 13.2. The van der Waals surface area contributed by atoms with Crippen molar-refractivity contribution in [3.8, 4) is 0 Å². The van der Waals surface area contributed by atoms with Crippen LogP contribution in [0.15, 0.2) is 37.0 Å². The van der Waals surface area contributed by atoms with Crippen molar-refractivity contribution in [2.45, 2.75) is 25.8 Å². The maximum Gasteiger partial charge on any atom is 0.0192 e. The van der Waals surface area contributed by atoms with Gasteiger partial charge in [0.1, 0.15) is 0 Å². The molecule has 2 nitrogen and oxygen atoms in total. The zero-order chi connectivity index (χ0) is 11.8. The zero-order valence-electron chi connectivity index (χ0n) is 10.3. The molecule has 90 valence electrons. The van der Waals surface area contributed by atoms with E-state index in [4.69, 9.17) is 0 Å². The van der Waals surface area contributed by atoms with Crippen molar-refractivity contribution >= 4 is 0 Å². The molecule has 0 saturated carbocycles. The maximum absolute atomic E-state index is 4.05. The number of nitrogens with one attached hydrogen (secondary N) is 2. The van der Waals surface area contributed by atoms with Crippen LogP contribution < -0.4 is 10.6 Å². The number of allylic oxidation sites excluding steroid dienone is 3. The predicted octanol–water partition coefficient (Wildman–Crippen LogP) is 2.26. The van der Waals surface area contributed by atoms with E-state index in [2.05, 4.69) is 30.7 Å². The van der Waals surface area contributed by atoms with E-state index < -0.39 is 0 Å². The molecule has 16 heavy (non-hydrogen) atoms. The van der Waals surface area contributed by atoms with Crippen LogP contribution in [0.3, 0.4) is 0 Å². The summed E-state index contributed by atoms with van der Waals surface area (Å²) in [5.41, 5.74) is 1.16. The molecule has 0 spiro atoms. The van der Waals surface area contributed by atoms with Gasteiger partial charge in [-0.05, 0) is 25.3 Å². The molecule has 0 aromatic heterocycles. The Bertz CT molecular complexity index is 249. The Morgan fingerprint density at radius 1 is 1.62 bits per heavy atom. The molecule has 1 fully saturated rings. The molecule has 1 aliphatic rings. The summed E-state index contributed by atoms with van der Waals surface area (Å²) in [5.74, 6) is 0.484. The van der Waals surface area contributed by atoms with Crippen LogP contribution in [0, 0.1) is 5.92 Å². The topological polar surface area (TPSA) is 24.1 Å². The van der Waals surface area contributed by atoms with Crippen molar-refractivity contribution in [2.24, 2.45) is 5.92 Å². The molecule has 1 saturated heterocycles. The second kappa shape index (κ2) is 7.42. The fourth-order valence-corrected chi connectivity index (χ4v) is 1.89. The SMILES string of the molecule is C=C/C=C\C(=C)C(C)CNCC1CCCN1. The van der Waals surface area contributed by atoms with Crippen molar-refractivity contribution in [1.29, 1.82) is 0 Å². The molecule has 0 bridgehead atoms. The number of hydrogen-bond donors (Lipinski definition) is 2. The molecular weight excluding hydrogens is 196 g/mol. The summed E-state index contributed by atoms with van der Waals surface area (Å²) >= 11 is 0. The highest BCUT2D eigenvalue weighted by molar-refractivity contribution is 5.20. The third kappa shape index (κ3) is 4.77. The monoisotopic (exact) mass is 220 g/mol. The molecule has 2 N–H and O–H groups in total. The van der Waals surface area contributed by atoms with E-state index in [1.807, 2.05) is 12.2 Å². The highest BCUT2D eigenvalue weighted by atomic mass is 15.0. The lowest BCUT2D eigenvalue weighted by atomic mass is 10.0. The summed E-state index contributed by atoms with van der Waals surface area (Å²) in [5, 5.41) is 6.98. The van der Waals surface area contributed by atoms with Gasteiger partial charge in [-0.15, -0.1) is 0 Å². The average molecular weight is 220 g/mol. The van der Waals surface area contributed by atoms with E-state index in [1.165, 1.54) is 19.4 Å². The Hall–Kier alpha value is -0.860. The van der Waals surface area contributed by atoms with Gasteiger partial charge < -0.3 is 10.6 Å². The summed E-state index contributed by atoms with van der Waals surface area (Å²) in [6.07, 6.45) is 8.38. The van der Waals surface area contributed by atoms with Crippen LogP contribution in [-0.4, -0.2) is 25.7 Å². The largest absolute Gasteiger partial charge is 0.315 e. The molecule has 0 radical (unpaired) electrons. The van der Waals surface area contributed by atoms with Crippen LogP contribution in [0.4, 0.5) is 0 Å². The van der Waals surface area contributed by atoms with Gasteiger partial charge in [-0.1, -0.05) is 43.9 Å². The molecule has 0 amide bonds. The summed E-state index contributed by atoms with van der Waals surface area (Å²) < 4.78 is 0. The maximum atomic E-state index is 4.05. The van der Waals surface area contributed by atoms with E-state index in [1.54, 1.807) is 6.08 Å². The van der Waals surface area contributed by atoms with Crippen molar-refractivity contribution in [3.63, 3.8) is 0 Å². The Labute approximate surface area is 99.5 Å². The second-order valence-electron chi connectivity index (χ2n) is 4.52. The minimum atomic E-state index is 0.484. The van der Waals surface area contributed by atoms with E-state index in [9.17, 15) is 0 Å². The number of hydrogen-bond acceptors (Lipinski definition) is 2. The quantitative estimate of drug-likeness (QED) is 0.643. The van der Waals surface area contributed by atoms with Crippen molar-refractivity contribution in [1.82, 2.24) is 10.6 Å². The summed E-state index contributed by atoms with van der Waals surface area (Å²) in [7, 11) is 0. The van der Waals surface area contributed by atoms with Crippen LogP contribution in [0.1, 0.15) is 19.8 Å². The lowest BCUT2D eigenvalue weighted by Gasteiger charge is -2.15. The first-order valence-electron chi connectivity index (χ1n) is 6.16. The molecular formula is C14H24N2. The molecule has 2 heteroatoms. The van der Waals surface area contributed by atoms with Gasteiger partial charge in [-0.25, -0.2) is 0 Å². The van der Waals surface area contributed by atoms with Crippen LogP contribution in [0.25, 0.3) is 0 Å². The third-order valence-corrected chi connectivity index (χ3v) is 3.08. The molecule has 0 aromatic rings. The standard InChI is InChI=1S/C14H24N2/c1-4-5-7-12(2)13(3)10-15-11-14-8-6-9-16-14/h4-5,7,13-16H,1-2,6,8-11H2,3H3/b7-5-. The van der Waals surface area contributed by atoms with Crippen LogP contribution in [0.5, 0.6) is 0 Å². The Morgan fingerprint density at radius 3 is 3.06 bits per heavy atom. The fourth-order valence-electron chi connectivity index (χ4n) is 1.89. The predicted molar refractivity (Wildman–Crippen MR) is 71.5 cm³/mol. The second-order valence-corrected chi connectivity index (χ2v) is 4.52. The van der Waals surface area contributed by atoms with E-state index >= 15 is 0 Å². The van der Waals surface area contributed by atoms with Crippen LogP contribution in [0.2, 0.25) is 0 Å². The van der Waals surface area contributed by atoms with Gasteiger partial charge in [-0.2, -0.15) is 0 Å². The van der Waals surface area contributed by atoms with Gasteiger partial charge in [0.25, 0.3) is 0 Å². The molecule has 1 rings (SSSR count). The first kappa shape index (κ1) is 13.2. The minimum absolute atomic E-state index is 0.484. The van der Waals surface area contributed by atoms with E-state index in [0.29, 0.717) is 12.0 Å². The molecule has 1 heterocycles. The Kier molecular flexibility index (Phi) is 6.12. The lowest BCUT2D eigenvalue weighted by molar-refractivity contribution is 0.504. The zero-order valence-corrected chi connectivity index (χ0v) is 10.3. The highest BCUT2D eigenvalue weighted by Gasteiger charge is 2.13.